The highest BCUT2D eigenvalue weighted by Gasteiger charge is 2.26. The lowest BCUT2D eigenvalue weighted by Gasteiger charge is -2.29. The van der Waals surface area contributed by atoms with Gasteiger partial charge in [0.15, 0.2) is 0 Å². The third kappa shape index (κ3) is 6.21. The molecule has 0 radical (unpaired) electrons. The molecule has 0 aromatic heterocycles. The molecular formula is C21H23Cl2FN2O2. The van der Waals surface area contributed by atoms with Gasteiger partial charge in [0.25, 0.3) is 0 Å². The average molecular weight is 425 g/mol. The molecule has 1 unspecified atom stereocenters. The topological polar surface area (TPSA) is 49.4 Å². The first kappa shape index (κ1) is 22.2. The summed E-state index contributed by atoms with van der Waals surface area (Å²) in [4.78, 5) is 26.9. The molecule has 2 rings (SSSR count). The maximum atomic E-state index is 13.1. The third-order valence-electron chi connectivity index (χ3n) is 4.32. The molecule has 0 saturated carbocycles. The molecule has 0 saturated heterocycles. The van der Waals surface area contributed by atoms with E-state index in [0.29, 0.717) is 22.2 Å². The lowest BCUT2D eigenvalue weighted by atomic mass is 10.1. The summed E-state index contributed by atoms with van der Waals surface area (Å²) in [5, 5.41) is 3.62. The zero-order valence-corrected chi connectivity index (χ0v) is 17.4. The number of benzene rings is 2. The second-order valence-corrected chi connectivity index (χ2v) is 7.35. The van der Waals surface area contributed by atoms with Crippen molar-refractivity contribution in [3.63, 3.8) is 0 Å². The monoisotopic (exact) mass is 424 g/mol. The van der Waals surface area contributed by atoms with Gasteiger partial charge in [-0.3, -0.25) is 9.59 Å². The number of rotatable bonds is 8. The highest BCUT2D eigenvalue weighted by Crippen LogP contribution is 2.24. The van der Waals surface area contributed by atoms with Crippen LogP contribution in [0, 0.1) is 5.82 Å². The Morgan fingerprint density at radius 3 is 2.32 bits per heavy atom. The minimum absolute atomic E-state index is 0.0625. The van der Waals surface area contributed by atoms with Crippen LogP contribution in [0.5, 0.6) is 0 Å². The lowest BCUT2D eigenvalue weighted by Crippen LogP contribution is -2.48. The summed E-state index contributed by atoms with van der Waals surface area (Å²) in [6.07, 6.45) is 0.863. The second kappa shape index (κ2) is 10.4. The zero-order valence-electron chi connectivity index (χ0n) is 15.8. The molecule has 2 aromatic rings. The van der Waals surface area contributed by atoms with E-state index in [1.807, 2.05) is 6.92 Å². The Balaban J connectivity index is 2.22. The molecule has 0 bridgehead atoms. The van der Waals surface area contributed by atoms with Gasteiger partial charge in [-0.1, -0.05) is 48.3 Å². The fraction of sp³-hybridized carbons (Fsp3) is 0.333. The van der Waals surface area contributed by atoms with Crippen LogP contribution in [0.1, 0.15) is 31.4 Å². The largest absolute Gasteiger partial charge is 0.354 e. The normalized spacial score (nSPS) is 11.8. The fourth-order valence-electron chi connectivity index (χ4n) is 2.69. The van der Waals surface area contributed by atoms with Gasteiger partial charge in [0, 0.05) is 13.1 Å². The van der Waals surface area contributed by atoms with E-state index >= 15 is 0 Å². The fourth-order valence-corrected chi connectivity index (χ4v) is 3.01. The number of nitrogens with one attached hydrogen (secondary N) is 1. The molecule has 2 amide bonds. The van der Waals surface area contributed by atoms with Gasteiger partial charge in [0.1, 0.15) is 11.9 Å². The molecule has 0 aliphatic rings. The molecule has 0 heterocycles. The predicted octanol–water partition coefficient (Wildman–Crippen LogP) is 4.62. The van der Waals surface area contributed by atoms with Gasteiger partial charge in [0.2, 0.25) is 11.8 Å². The van der Waals surface area contributed by atoms with Gasteiger partial charge in [-0.25, -0.2) is 4.39 Å². The Labute approximate surface area is 174 Å². The molecule has 1 atom stereocenters. The highest BCUT2D eigenvalue weighted by atomic mass is 35.5. The molecule has 0 aliphatic heterocycles. The summed E-state index contributed by atoms with van der Waals surface area (Å²) in [5.41, 5.74) is 1.43. The second-order valence-electron chi connectivity index (χ2n) is 6.54. The van der Waals surface area contributed by atoms with Gasteiger partial charge < -0.3 is 10.2 Å². The first-order valence-electron chi connectivity index (χ1n) is 9.07. The van der Waals surface area contributed by atoms with Crippen LogP contribution >= 0.6 is 23.2 Å². The third-order valence-corrected chi connectivity index (χ3v) is 5.06. The van der Waals surface area contributed by atoms with Crippen molar-refractivity contribution in [2.45, 2.75) is 39.3 Å². The number of hydrogen-bond donors (Lipinski definition) is 1. The Kier molecular flexibility index (Phi) is 8.27. The van der Waals surface area contributed by atoms with E-state index in [1.165, 1.54) is 17.0 Å². The minimum atomic E-state index is -0.672. The van der Waals surface area contributed by atoms with Crippen LogP contribution in [0.3, 0.4) is 0 Å². The zero-order chi connectivity index (χ0) is 20.7. The highest BCUT2D eigenvalue weighted by molar-refractivity contribution is 6.42. The number of amides is 2. The van der Waals surface area contributed by atoms with Crippen molar-refractivity contribution < 1.29 is 14.0 Å². The van der Waals surface area contributed by atoms with Crippen LogP contribution in [0.2, 0.25) is 10.0 Å². The first-order valence-corrected chi connectivity index (χ1v) is 9.83. The molecule has 0 aliphatic carbocycles. The van der Waals surface area contributed by atoms with Crippen molar-refractivity contribution in [2.24, 2.45) is 0 Å². The Hall–Kier alpha value is -2.11. The average Bonchev–Trinajstić information content (AvgIpc) is 2.68. The Bertz CT molecular complexity index is 828. The number of halogens is 3. The molecular weight excluding hydrogens is 402 g/mol. The molecule has 1 N–H and O–H groups in total. The SMILES string of the molecule is CCCNC(=O)C(C)N(Cc1ccc(Cl)c(Cl)c1)C(=O)Cc1ccc(F)cc1. The first-order chi connectivity index (χ1) is 13.3. The van der Waals surface area contributed by atoms with E-state index in [-0.39, 0.29) is 30.6 Å². The smallest absolute Gasteiger partial charge is 0.242 e. The summed E-state index contributed by atoms with van der Waals surface area (Å²) in [6.45, 7) is 4.39. The van der Waals surface area contributed by atoms with Crippen molar-refractivity contribution >= 4 is 35.0 Å². The quantitative estimate of drug-likeness (QED) is 0.671. The number of carbonyl (C=O) groups excluding carboxylic acids is 2. The lowest BCUT2D eigenvalue weighted by molar-refractivity contribution is -0.140. The van der Waals surface area contributed by atoms with Gasteiger partial charge in [0.05, 0.1) is 16.5 Å². The molecule has 4 nitrogen and oxygen atoms in total. The van der Waals surface area contributed by atoms with Crippen LogP contribution in [0.4, 0.5) is 4.39 Å². The molecule has 0 spiro atoms. The van der Waals surface area contributed by atoms with Crippen molar-refractivity contribution in [2.75, 3.05) is 6.54 Å². The number of hydrogen-bond acceptors (Lipinski definition) is 2. The summed E-state index contributed by atoms with van der Waals surface area (Å²) >= 11 is 12.0. The van der Waals surface area contributed by atoms with E-state index in [0.717, 1.165) is 12.0 Å². The predicted molar refractivity (Wildman–Crippen MR) is 110 cm³/mol. The Morgan fingerprint density at radius 2 is 1.71 bits per heavy atom. The van der Waals surface area contributed by atoms with E-state index in [9.17, 15) is 14.0 Å². The van der Waals surface area contributed by atoms with Crippen molar-refractivity contribution in [3.05, 3.63) is 69.5 Å². The van der Waals surface area contributed by atoms with Crippen LogP contribution in [-0.4, -0.2) is 29.3 Å². The van der Waals surface area contributed by atoms with E-state index in [2.05, 4.69) is 5.32 Å². The van der Waals surface area contributed by atoms with Gasteiger partial charge in [-0.2, -0.15) is 0 Å². The van der Waals surface area contributed by atoms with Gasteiger partial charge in [-0.15, -0.1) is 0 Å². The van der Waals surface area contributed by atoms with Crippen LogP contribution in [-0.2, 0) is 22.6 Å². The van der Waals surface area contributed by atoms with Crippen molar-refractivity contribution in [3.8, 4) is 0 Å². The van der Waals surface area contributed by atoms with E-state index in [1.54, 1.807) is 37.3 Å². The van der Waals surface area contributed by atoms with Crippen molar-refractivity contribution in [1.82, 2.24) is 10.2 Å². The van der Waals surface area contributed by atoms with Gasteiger partial charge in [-0.05, 0) is 48.7 Å². The molecule has 2 aromatic carbocycles. The number of nitrogens with zero attached hydrogens (tertiary/aromatic N) is 1. The molecule has 28 heavy (non-hydrogen) atoms. The summed E-state index contributed by atoms with van der Waals surface area (Å²) in [5.74, 6) is -0.831. The number of carbonyl (C=O) groups is 2. The van der Waals surface area contributed by atoms with Crippen LogP contribution in [0.25, 0.3) is 0 Å². The maximum Gasteiger partial charge on any atom is 0.242 e. The maximum absolute atomic E-state index is 13.1. The molecule has 150 valence electrons. The van der Waals surface area contributed by atoms with Crippen molar-refractivity contribution in [1.29, 1.82) is 0 Å². The summed E-state index contributed by atoms with van der Waals surface area (Å²) < 4.78 is 13.1. The van der Waals surface area contributed by atoms with Crippen LogP contribution < -0.4 is 5.32 Å². The minimum Gasteiger partial charge on any atom is -0.354 e. The Morgan fingerprint density at radius 1 is 1.07 bits per heavy atom. The molecule has 7 heteroatoms. The van der Waals surface area contributed by atoms with Gasteiger partial charge >= 0.3 is 0 Å². The summed E-state index contributed by atoms with van der Waals surface area (Å²) in [6, 6.07) is 10.2. The standard InChI is InChI=1S/C21H23Cl2FN2O2/c1-3-10-25-21(28)14(2)26(13-16-6-9-18(22)19(23)11-16)20(27)12-15-4-7-17(24)8-5-15/h4-9,11,14H,3,10,12-13H2,1-2H3,(H,25,28). The van der Waals surface area contributed by atoms with Crippen LogP contribution in [0.15, 0.2) is 42.5 Å². The van der Waals surface area contributed by atoms with E-state index < -0.39 is 6.04 Å². The molecule has 0 fully saturated rings. The van der Waals surface area contributed by atoms with E-state index in [4.69, 9.17) is 23.2 Å². The summed E-state index contributed by atoms with van der Waals surface area (Å²) in [7, 11) is 0.